The summed E-state index contributed by atoms with van der Waals surface area (Å²) in [4.78, 5) is 23.2. The highest BCUT2D eigenvalue weighted by atomic mass is 16.4. The number of carbonyl (C=O) groups excluding carboxylic acids is 1. The molecular formula is C9H18N2O4. The summed E-state index contributed by atoms with van der Waals surface area (Å²) in [5.74, 6) is -1.40. The van der Waals surface area contributed by atoms with Crippen molar-refractivity contribution >= 4 is 11.9 Å². The van der Waals surface area contributed by atoms with Crippen molar-refractivity contribution in [1.82, 2.24) is 10.2 Å². The molecule has 0 bridgehead atoms. The van der Waals surface area contributed by atoms with Crippen molar-refractivity contribution in [1.29, 1.82) is 0 Å². The Hall–Kier alpha value is -1.14. The van der Waals surface area contributed by atoms with Gasteiger partial charge >= 0.3 is 5.97 Å². The van der Waals surface area contributed by atoms with Crippen LogP contribution in [0.4, 0.5) is 0 Å². The number of aliphatic hydroxyl groups excluding tert-OH is 1. The van der Waals surface area contributed by atoms with Gasteiger partial charge in [-0.25, -0.2) is 4.79 Å². The molecule has 0 saturated heterocycles. The smallest absolute Gasteiger partial charge is 0.332 e. The minimum atomic E-state index is -1.40. The van der Waals surface area contributed by atoms with E-state index in [2.05, 4.69) is 5.32 Å². The molecule has 0 aliphatic carbocycles. The molecule has 0 aromatic rings. The van der Waals surface area contributed by atoms with Gasteiger partial charge in [-0.15, -0.1) is 0 Å². The fourth-order valence-corrected chi connectivity index (χ4v) is 0.885. The highest BCUT2D eigenvalue weighted by Crippen LogP contribution is 1.90. The minimum Gasteiger partial charge on any atom is -0.479 e. The Labute approximate surface area is 88.9 Å². The number of nitrogens with zero attached hydrogens (tertiary/aromatic N) is 1. The number of rotatable bonds is 7. The van der Waals surface area contributed by atoms with Crippen LogP contribution in [0.2, 0.25) is 0 Å². The van der Waals surface area contributed by atoms with Crippen LogP contribution in [0.15, 0.2) is 0 Å². The lowest BCUT2D eigenvalue weighted by Gasteiger charge is -2.10. The SMILES string of the molecule is CN(C)CCC(=O)NCCC(O)C(=O)O. The Balaban J connectivity index is 3.51. The second-order valence-corrected chi connectivity index (χ2v) is 3.55. The van der Waals surface area contributed by atoms with E-state index in [9.17, 15) is 9.59 Å². The number of nitrogens with one attached hydrogen (secondary N) is 1. The third-order valence-corrected chi connectivity index (χ3v) is 1.81. The number of aliphatic hydroxyl groups is 1. The van der Waals surface area contributed by atoms with Crippen LogP contribution in [-0.4, -0.2) is 60.3 Å². The molecule has 6 heteroatoms. The van der Waals surface area contributed by atoms with Crippen molar-refractivity contribution in [2.24, 2.45) is 0 Å². The molecule has 0 radical (unpaired) electrons. The van der Waals surface area contributed by atoms with Crippen LogP contribution in [0.5, 0.6) is 0 Å². The first-order chi connectivity index (χ1) is 6.93. The number of amides is 1. The molecule has 0 heterocycles. The number of aliphatic carboxylic acids is 1. The summed E-state index contributed by atoms with van der Waals surface area (Å²) >= 11 is 0. The first kappa shape index (κ1) is 13.9. The van der Waals surface area contributed by atoms with E-state index in [1.54, 1.807) is 0 Å². The number of carbonyl (C=O) groups is 2. The van der Waals surface area contributed by atoms with Crippen LogP contribution < -0.4 is 5.32 Å². The molecular weight excluding hydrogens is 200 g/mol. The third kappa shape index (κ3) is 7.90. The molecule has 6 nitrogen and oxygen atoms in total. The van der Waals surface area contributed by atoms with Crippen LogP contribution in [0.25, 0.3) is 0 Å². The first-order valence-corrected chi connectivity index (χ1v) is 4.75. The fourth-order valence-electron chi connectivity index (χ4n) is 0.885. The maximum Gasteiger partial charge on any atom is 0.332 e. The molecule has 0 aliphatic heterocycles. The maximum absolute atomic E-state index is 11.1. The zero-order chi connectivity index (χ0) is 11.8. The first-order valence-electron chi connectivity index (χ1n) is 4.75. The lowest BCUT2D eigenvalue weighted by atomic mass is 10.2. The second-order valence-electron chi connectivity index (χ2n) is 3.55. The summed E-state index contributed by atoms with van der Waals surface area (Å²) in [5.41, 5.74) is 0. The molecule has 0 spiro atoms. The standard InChI is InChI=1S/C9H18N2O4/c1-11(2)6-4-8(13)10-5-3-7(12)9(14)15/h7,12H,3-6H2,1-2H3,(H,10,13)(H,14,15). The van der Waals surface area contributed by atoms with Gasteiger partial charge in [-0.2, -0.15) is 0 Å². The number of carboxylic acids is 1. The number of hydrogen-bond acceptors (Lipinski definition) is 4. The van der Waals surface area contributed by atoms with Gasteiger partial charge in [0.1, 0.15) is 0 Å². The summed E-state index contributed by atoms with van der Waals surface area (Å²) in [7, 11) is 3.73. The molecule has 0 aromatic carbocycles. The van der Waals surface area contributed by atoms with Crippen LogP contribution in [0.1, 0.15) is 12.8 Å². The number of carboxylic acid groups (broad SMARTS) is 1. The summed E-state index contributed by atoms with van der Waals surface area (Å²) in [6.07, 6.45) is -1.00. The topological polar surface area (TPSA) is 89.9 Å². The quantitative estimate of drug-likeness (QED) is 0.504. The van der Waals surface area contributed by atoms with Crippen molar-refractivity contribution in [2.75, 3.05) is 27.2 Å². The van der Waals surface area contributed by atoms with Crippen LogP contribution in [0.3, 0.4) is 0 Å². The summed E-state index contributed by atoms with van der Waals surface area (Å²) in [6.45, 7) is 0.826. The highest BCUT2D eigenvalue weighted by Gasteiger charge is 2.12. The molecule has 0 rings (SSSR count). The Morgan fingerprint density at radius 1 is 1.40 bits per heavy atom. The van der Waals surface area contributed by atoms with E-state index < -0.39 is 12.1 Å². The largest absolute Gasteiger partial charge is 0.479 e. The maximum atomic E-state index is 11.1. The Kier molecular flexibility index (Phi) is 6.64. The van der Waals surface area contributed by atoms with E-state index in [4.69, 9.17) is 10.2 Å². The molecule has 3 N–H and O–H groups in total. The molecule has 15 heavy (non-hydrogen) atoms. The zero-order valence-electron chi connectivity index (χ0n) is 9.06. The Bertz CT molecular complexity index is 218. The van der Waals surface area contributed by atoms with Crippen LogP contribution >= 0.6 is 0 Å². The molecule has 0 saturated carbocycles. The van der Waals surface area contributed by atoms with Crippen LogP contribution in [0, 0.1) is 0 Å². The normalized spacial score (nSPS) is 12.5. The lowest BCUT2D eigenvalue weighted by Crippen LogP contribution is -2.31. The predicted molar refractivity (Wildman–Crippen MR) is 54.4 cm³/mol. The monoisotopic (exact) mass is 218 g/mol. The molecule has 1 atom stereocenters. The lowest BCUT2D eigenvalue weighted by molar-refractivity contribution is -0.147. The van der Waals surface area contributed by atoms with E-state index in [0.29, 0.717) is 13.0 Å². The zero-order valence-corrected chi connectivity index (χ0v) is 9.06. The van der Waals surface area contributed by atoms with Crippen LogP contribution in [-0.2, 0) is 9.59 Å². The highest BCUT2D eigenvalue weighted by molar-refractivity contribution is 5.76. The van der Waals surface area contributed by atoms with E-state index in [1.165, 1.54) is 0 Å². The molecule has 1 unspecified atom stereocenters. The van der Waals surface area contributed by atoms with E-state index in [0.717, 1.165) is 0 Å². The third-order valence-electron chi connectivity index (χ3n) is 1.81. The van der Waals surface area contributed by atoms with E-state index >= 15 is 0 Å². The van der Waals surface area contributed by atoms with Crippen molar-refractivity contribution in [2.45, 2.75) is 18.9 Å². The summed E-state index contributed by atoms with van der Waals surface area (Å²) in [6, 6.07) is 0. The molecule has 1 amide bonds. The van der Waals surface area contributed by atoms with Gasteiger partial charge in [0.15, 0.2) is 6.10 Å². The Morgan fingerprint density at radius 3 is 2.47 bits per heavy atom. The van der Waals surface area contributed by atoms with Crippen molar-refractivity contribution in [3.8, 4) is 0 Å². The fraction of sp³-hybridized carbons (Fsp3) is 0.778. The predicted octanol–water partition coefficient (Wildman–Crippen LogP) is -1.11. The van der Waals surface area contributed by atoms with Crippen molar-refractivity contribution in [3.05, 3.63) is 0 Å². The van der Waals surface area contributed by atoms with Crippen molar-refractivity contribution < 1.29 is 19.8 Å². The molecule has 0 aliphatic rings. The molecule has 0 fully saturated rings. The van der Waals surface area contributed by atoms with E-state index in [-0.39, 0.29) is 18.9 Å². The minimum absolute atomic E-state index is 0.0308. The van der Waals surface area contributed by atoms with Gasteiger partial charge in [-0.3, -0.25) is 4.79 Å². The second kappa shape index (κ2) is 7.19. The van der Waals surface area contributed by atoms with Crippen molar-refractivity contribution in [3.63, 3.8) is 0 Å². The summed E-state index contributed by atoms with van der Waals surface area (Å²) < 4.78 is 0. The van der Waals surface area contributed by atoms with E-state index in [1.807, 2.05) is 19.0 Å². The van der Waals surface area contributed by atoms with Gasteiger partial charge in [-0.1, -0.05) is 0 Å². The van der Waals surface area contributed by atoms with Gasteiger partial charge < -0.3 is 20.4 Å². The molecule has 88 valence electrons. The Morgan fingerprint density at radius 2 is 2.00 bits per heavy atom. The summed E-state index contributed by atoms with van der Waals surface area (Å²) in [5, 5.41) is 19.8. The average molecular weight is 218 g/mol. The van der Waals surface area contributed by atoms with Gasteiger partial charge in [0, 0.05) is 25.9 Å². The average Bonchev–Trinajstić information content (AvgIpc) is 2.14. The molecule has 0 aromatic heterocycles. The van der Waals surface area contributed by atoms with Gasteiger partial charge in [0.05, 0.1) is 0 Å². The van der Waals surface area contributed by atoms with Gasteiger partial charge in [0.25, 0.3) is 0 Å². The van der Waals surface area contributed by atoms with Gasteiger partial charge in [0.2, 0.25) is 5.91 Å². The number of hydrogen-bond donors (Lipinski definition) is 3. The van der Waals surface area contributed by atoms with Gasteiger partial charge in [-0.05, 0) is 14.1 Å².